The summed E-state index contributed by atoms with van der Waals surface area (Å²) in [5.41, 5.74) is 0.331. The Labute approximate surface area is 122 Å². The lowest BCUT2D eigenvalue weighted by molar-refractivity contribution is -0.141. The second-order valence-corrected chi connectivity index (χ2v) is 5.10. The number of halogens is 2. The predicted octanol–water partition coefficient (Wildman–Crippen LogP) is 2.06. The van der Waals surface area contributed by atoms with Gasteiger partial charge in [-0.3, -0.25) is 0 Å². The van der Waals surface area contributed by atoms with Gasteiger partial charge in [-0.05, 0) is 25.1 Å². The highest BCUT2D eigenvalue weighted by molar-refractivity contribution is 9.10. The van der Waals surface area contributed by atoms with Crippen molar-refractivity contribution in [3.8, 4) is 0 Å². The fraction of sp³-hybridized carbons (Fsp3) is 0.273. The summed E-state index contributed by atoms with van der Waals surface area (Å²) in [6, 6.07) is 2.65. The molecule has 0 bridgehead atoms. The van der Waals surface area contributed by atoms with Crippen molar-refractivity contribution < 1.29 is 19.8 Å². The quantitative estimate of drug-likeness (QED) is 0.667. The van der Waals surface area contributed by atoms with Crippen LogP contribution in [0.4, 0.5) is 10.5 Å². The first-order valence-electron chi connectivity index (χ1n) is 5.24. The number of anilines is 1. The number of hydrogen-bond donors (Lipinski definition) is 4. The molecule has 0 fully saturated rings. The van der Waals surface area contributed by atoms with Crippen LogP contribution in [0.3, 0.4) is 0 Å². The molecule has 2 amide bonds. The molecule has 0 heterocycles. The van der Waals surface area contributed by atoms with E-state index in [0.717, 1.165) is 4.47 Å². The van der Waals surface area contributed by atoms with Crippen LogP contribution in [0.5, 0.6) is 0 Å². The standard InChI is InChI=1S/C11H12BrClN2O4/c1-5(16)9(10(17)18)15-11(19)14-8-3-2-6(12)4-7(8)13/h2-5,9,16H,1H3,(H,17,18)(H2,14,15,19). The van der Waals surface area contributed by atoms with E-state index in [1.165, 1.54) is 6.92 Å². The van der Waals surface area contributed by atoms with Crippen LogP contribution in [-0.4, -0.2) is 34.4 Å². The van der Waals surface area contributed by atoms with E-state index in [1.807, 2.05) is 0 Å². The van der Waals surface area contributed by atoms with Crippen molar-refractivity contribution in [1.82, 2.24) is 5.32 Å². The van der Waals surface area contributed by atoms with Crippen LogP contribution >= 0.6 is 27.5 Å². The highest BCUT2D eigenvalue weighted by Gasteiger charge is 2.25. The Morgan fingerprint density at radius 3 is 2.53 bits per heavy atom. The van der Waals surface area contributed by atoms with Crippen molar-refractivity contribution in [1.29, 1.82) is 0 Å². The lowest BCUT2D eigenvalue weighted by atomic mass is 10.2. The van der Waals surface area contributed by atoms with E-state index in [1.54, 1.807) is 18.2 Å². The van der Waals surface area contributed by atoms with Gasteiger partial charge in [0.15, 0.2) is 6.04 Å². The monoisotopic (exact) mass is 350 g/mol. The van der Waals surface area contributed by atoms with Gasteiger partial charge in [-0.2, -0.15) is 0 Å². The molecule has 6 nitrogen and oxygen atoms in total. The van der Waals surface area contributed by atoms with Crippen LogP contribution in [0.1, 0.15) is 6.92 Å². The topological polar surface area (TPSA) is 98.7 Å². The summed E-state index contributed by atoms with van der Waals surface area (Å²) in [6.45, 7) is 1.27. The molecule has 4 N–H and O–H groups in total. The molecule has 0 aliphatic carbocycles. The first kappa shape index (κ1) is 15.7. The lowest BCUT2D eigenvalue weighted by Crippen LogP contribution is -2.49. The van der Waals surface area contributed by atoms with Gasteiger partial charge in [-0.1, -0.05) is 27.5 Å². The Morgan fingerprint density at radius 2 is 2.05 bits per heavy atom. The molecule has 104 valence electrons. The maximum absolute atomic E-state index is 11.6. The maximum Gasteiger partial charge on any atom is 0.328 e. The number of benzene rings is 1. The number of aliphatic carboxylic acids is 1. The van der Waals surface area contributed by atoms with E-state index in [2.05, 4.69) is 26.6 Å². The van der Waals surface area contributed by atoms with E-state index in [-0.39, 0.29) is 0 Å². The molecule has 2 unspecified atom stereocenters. The van der Waals surface area contributed by atoms with Gasteiger partial charge >= 0.3 is 12.0 Å². The van der Waals surface area contributed by atoms with Crippen molar-refractivity contribution in [2.24, 2.45) is 0 Å². The number of carbonyl (C=O) groups is 2. The number of carbonyl (C=O) groups excluding carboxylic acids is 1. The number of amides is 2. The molecule has 0 spiro atoms. The second-order valence-electron chi connectivity index (χ2n) is 3.78. The maximum atomic E-state index is 11.6. The van der Waals surface area contributed by atoms with E-state index in [4.69, 9.17) is 16.7 Å². The SMILES string of the molecule is CC(O)C(NC(=O)Nc1ccc(Br)cc1Cl)C(=O)O. The summed E-state index contributed by atoms with van der Waals surface area (Å²) in [4.78, 5) is 22.4. The second kappa shape index (κ2) is 6.74. The Balaban J connectivity index is 2.72. The molecule has 19 heavy (non-hydrogen) atoms. The van der Waals surface area contributed by atoms with Crippen molar-refractivity contribution in [2.45, 2.75) is 19.1 Å². The molecular formula is C11H12BrClN2O4. The van der Waals surface area contributed by atoms with Gasteiger partial charge in [0.05, 0.1) is 16.8 Å². The number of urea groups is 1. The van der Waals surface area contributed by atoms with Crippen molar-refractivity contribution in [3.05, 3.63) is 27.7 Å². The number of aliphatic hydroxyl groups excluding tert-OH is 1. The summed E-state index contributed by atoms with van der Waals surface area (Å²) < 4.78 is 0.746. The Hall–Kier alpha value is -1.31. The van der Waals surface area contributed by atoms with E-state index in [9.17, 15) is 14.7 Å². The van der Waals surface area contributed by atoms with Crippen LogP contribution in [0.25, 0.3) is 0 Å². The smallest absolute Gasteiger partial charge is 0.328 e. The van der Waals surface area contributed by atoms with Crippen LogP contribution in [0.15, 0.2) is 22.7 Å². The third kappa shape index (κ3) is 4.70. The number of carboxylic acid groups (broad SMARTS) is 1. The Morgan fingerprint density at radius 1 is 1.42 bits per heavy atom. The molecular weight excluding hydrogens is 339 g/mol. The van der Waals surface area contributed by atoms with Gasteiger partial charge in [-0.25, -0.2) is 9.59 Å². The van der Waals surface area contributed by atoms with Gasteiger partial charge in [0.25, 0.3) is 0 Å². The Kier molecular flexibility index (Phi) is 5.59. The minimum atomic E-state index is -1.39. The zero-order valence-electron chi connectivity index (χ0n) is 9.85. The molecule has 8 heteroatoms. The predicted molar refractivity (Wildman–Crippen MR) is 74.4 cm³/mol. The van der Waals surface area contributed by atoms with Crippen molar-refractivity contribution in [2.75, 3.05) is 5.32 Å². The number of hydrogen-bond acceptors (Lipinski definition) is 3. The number of nitrogens with one attached hydrogen (secondary N) is 2. The molecule has 0 saturated carbocycles. The van der Waals surface area contributed by atoms with Crippen LogP contribution in [0.2, 0.25) is 5.02 Å². The molecule has 1 aromatic rings. The van der Waals surface area contributed by atoms with Gasteiger partial charge in [0.1, 0.15) is 0 Å². The molecule has 0 radical (unpaired) electrons. The molecule has 2 atom stereocenters. The Bertz CT molecular complexity index is 496. The van der Waals surface area contributed by atoms with E-state index >= 15 is 0 Å². The lowest BCUT2D eigenvalue weighted by Gasteiger charge is -2.17. The van der Waals surface area contributed by atoms with Gasteiger partial charge in [0, 0.05) is 4.47 Å². The first-order chi connectivity index (χ1) is 8.81. The largest absolute Gasteiger partial charge is 0.480 e. The zero-order valence-corrected chi connectivity index (χ0v) is 12.2. The highest BCUT2D eigenvalue weighted by Crippen LogP contribution is 2.25. The fourth-order valence-corrected chi connectivity index (χ4v) is 2.00. The summed E-state index contributed by atoms with van der Waals surface area (Å²) in [6.07, 6.45) is -1.22. The summed E-state index contributed by atoms with van der Waals surface area (Å²) >= 11 is 9.11. The minimum Gasteiger partial charge on any atom is -0.480 e. The van der Waals surface area contributed by atoms with E-state index < -0.39 is 24.1 Å². The first-order valence-corrected chi connectivity index (χ1v) is 6.42. The highest BCUT2D eigenvalue weighted by atomic mass is 79.9. The van der Waals surface area contributed by atoms with Crippen LogP contribution < -0.4 is 10.6 Å². The molecule has 0 aliphatic rings. The summed E-state index contributed by atoms with van der Waals surface area (Å²) in [5, 5.41) is 22.9. The summed E-state index contributed by atoms with van der Waals surface area (Å²) in [5.74, 6) is -1.33. The van der Waals surface area contributed by atoms with E-state index in [0.29, 0.717) is 10.7 Å². The van der Waals surface area contributed by atoms with Gasteiger partial charge in [-0.15, -0.1) is 0 Å². The van der Waals surface area contributed by atoms with Gasteiger partial charge in [0.2, 0.25) is 0 Å². The summed E-state index contributed by atoms with van der Waals surface area (Å²) in [7, 11) is 0. The molecule has 0 aromatic heterocycles. The molecule has 1 aromatic carbocycles. The van der Waals surface area contributed by atoms with Crippen molar-refractivity contribution >= 4 is 45.2 Å². The molecule has 0 aliphatic heterocycles. The average Bonchev–Trinajstić information content (AvgIpc) is 2.29. The fourth-order valence-electron chi connectivity index (χ4n) is 1.28. The average molecular weight is 352 g/mol. The third-order valence-corrected chi connectivity index (χ3v) is 3.02. The zero-order chi connectivity index (χ0) is 14.6. The van der Waals surface area contributed by atoms with Gasteiger partial charge < -0.3 is 20.8 Å². The number of carboxylic acids is 1. The van der Waals surface area contributed by atoms with Crippen LogP contribution in [-0.2, 0) is 4.79 Å². The normalized spacial score (nSPS) is 13.5. The van der Waals surface area contributed by atoms with Crippen molar-refractivity contribution in [3.63, 3.8) is 0 Å². The molecule has 1 rings (SSSR count). The number of aliphatic hydroxyl groups is 1. The minimum absolute atomic E-state index is 0.299. The third-order valence-electron chi connectivity index (χ3n) is 2.21. The number of rotatable bonds is 4. The molecule has 0 saturated heterocycles. The van der Waals surface area contributed by atoms with Crippen LogP contribution in [0, 0.1) is 0 Å².